The minimum atomic E-state index is -0.772. The monoisotopic (exact) mass is 290 g/mol. The van der Waals surface area contributed by atoms with Crippen LogP contribution in [0.3, 0.4) is 0 Å². The van der Waals surface area contributed by atoms with Crippen LogP contribution in [-0.2, 0) is 4.79 Å². The Balaban J connectivity index is 1.60. The lowest BCUT2D eigenvalue weighted by molar-refractivity contribution is -0.134. The number of anilines is 1. The van der Waals surface area contributed by atoms with Crippen molar-refractivity contribution in [1.29, 1.82) is 0 Å². The van der Waals surface area contributed by atoms with Gasteiger partial charge < -0.3 is 5.11 Å². The normalized spacial score (nSPS) is 37.6. The number of amides is 1. The zero-order valence-electron chi connectivity index (χ0n) is 10.7. The average Bonchev–Trinajstić information content (AvgIpc) is 3.09. The molecule has 20 heavy (non-hydrogen) atoms. The van der Waals surface area contributed by atoms with E-state index in [9.17, 15) is 9.90 Å². The van der Waals surface area contributed by atoms with E-state index < -0.39 is 6.23 Å². The van der Waals surface area contributed by atoms with Gasteiger partial charge in [0.25, 0.3) is 0 Å². The quantitative estimate of drug-likeness (QED) is 0.822. The lowest BCUT2D eigenvalue weighted by Crippen LogP contribution is -2.41. The maximum atomic E-state index is 12.5. The highest BCUT2D eigenvalue weighted by atomic mass is 35.5. The van der Waals surface area contributed by atoms with Gasteiger partial charge >= 0.3 is 0 Å². The van der Waals surface area contributed by atoms with Gasteiger partial charge in [0, 0.05) is 10.9 Å². The molecule has 3 aliphatic rings. The van der Waals surface area contributed by atoms with Crippen molar-refractivity contribution in [3.63, 3.8) is 0 Å². The average molecular weight is 291 g/mol. The smallest absolute Gasteiger partial charge is 0.247 e. The largest absolute Gasteiger partial charge is 0.371 e. The first-order valence-electron chi connectivity index (χ1n) is 6.87. The van der Waals surface area contributed by atoms with E-state index in [0.717, 1.165) is 6.42 Å². The first-order chi connectivity index (χ1) is 9.65. The van der Waals surface area contributed by atoms with Gasteiger partial charge in [-0.1, -0.05) is 29.8 Å². The van der Waals surface area contributed by atoms with E-state index in [1.807, 2.05) is 12.1 Å². The summed E-state index contributed by atoms with van der Waals surface area (Å²) in [5, 5.41) is 12.4. The van der Waals surface area contributed by atoms with E-state index in [4.69, 9.17) is 11.6 Å². The van der Waals surface area contributed by atoms with Gasteiger partial charge in [-0.15, -0.1) is 0 Å². The van der Waals surface area contributed by atoms with E-state index in [0.29, 0.717) is 22.5 Å². The molecule has 1 saturated heterocycles. The number of carbonyl (C=O) groups is 1. The van der Waals surface area contributed by atoms with Crippen LogP contribution in [0.15, 0.2) is 36.4 Å². The number of hydrogen-bond acceptors (Lipinski definition) is 3. The Morgan fingerprint density at radius 1 is 1.30 bits per heavy atom. The molecule has 5 heteroatoms. The van der Waals surface area contributed by atoms with Gasteiger partial charge in [0.1, 0.15) is 0 Å². The summed E-state index contributed by atoms with van der Waals surface area (Å²) >= 11 is 5.94. The Bertz CT molecular complexity index is 603. The van der Waals surface area contributed by atoms with Crippen molar-refractivity contribution >= 4 is 23.2 Å². The summed E-state index contributed by atoms with van der Waals surface area (Å²) in [5.74, 6) is 0.545. The molecule has 5 atom stereocenters. The second-order valence-corrected chi connectivity index (χ2v) is 6.23. The van der Waals surface area contributed by atoms with Gasteiger partial charge in [-0.3, -0.25) is 10.2 Å². The number of hydrazine groups is 1. The molecule has 3 unspecified atom stereocenters. The molecule has 2 aliphatic carbocycles. The number of benzene rings is 1. The summed E-state index contributed by atoms with van der Waals surface area (Å²) < 4.78 is 0. The highest BCUT2D eigenvalue weighted by molar-refractivity contribution is 6.30. The summed E-state index contributed by atoms with van der Waals surface area (Å²) in [6, 6.07) is 7.15. The van der Waals surface area contributed by atoms with Crippen molar-refractivity contribution < 1.29 is 9.90 Å². The summed E-state index contributed by atoms with van der Waals surface area (Å²) in [5.41, 5.74) is 3.71. The lowest BCUT2D eigenvalue weighted by atomic mass is 9.85. The summed E-state index contributed by atoms with van der Waals surface area (Å²) in [4.78, 5) is 12.5. The number of aliphatic hydroxyl groups excluding tert-OH is 1. The van der Waals surface area contributed by atoms with Gasteiger partial charge in [-0.05, 0) is 36.5 Å². The highest BCUT2D eigenvalue weighted by Gasteiger charge is 2.59. The number of rotatable bonds is 2. The molecule has 1 aromatic carbocycles. The lowest BCUT2D eigenvalue weighted by Gasteiger charge is -2.26. The molecule has 4 rings (SSSR count). The van der Waals surface area contributed by atoms with Crippen molar-refractivity contribution in [3.8, 4) is 0 Å². The predicted molar refractivity (Wildman–Crippen MR) is 75.6 cm³/mol. The molecule has 4 nitrogen and oxygen atoms in total. The second-order valence-electron chi connectivity index (χ2n) is 5.80. The fourth-order valence-electron chi connectivity index (χ4n) is 3.90. The van der Waals surface area contributed by atoms with Gasteiger partial charge in [0.15, 0.2) is 6.23 Å². The van der Waals surface area contributed by atoms with Crippen LogP contribution in [0.5, 0.6) is 0 Å². The molecule has 0 spiro atoms. The van der Waals surface area contributed by atoms with Crippen LogP contribution in [-0.4, -0.2) is 22.3 Å². The molecule has 1 saturated carbocycles. The minimum absolute atomic E-state index is 0.0145. The molecular weight excluding hydrogens is 276 g/mol. The van der Waals surface area contributed by atoms with Crippen LogP contribution < -0.4 is 5.43 Å². The van der Waals surface area contributed by atoms with Crippen LogP contribution in [0.25, 0.3) is 0 Å². The van der Waals surface area contributed by atoms with Crippen LogP contribution in [0.4, 0.5) is 5.69 Å². The van der Waals surface area contributed by atoms with Gasteiger partial charge in [-0.25, -0.2) is 5.01 Å². The third-order valence-electron chi connectivity index (χ3n) is 4.73. The van der Waals surface area contributed by atoms with Gasteiger partial charge in [0.2, 0.25) is 5.91 Å². The molecule has 1 heterocycles. The third kappa shape index (κ3) is 1.61. The molecule has 1 aliphatic heterocycles. The van der Waals surface area contributed by atoms with Crippen molar-refractivity contribution in [2.45, 2.75) is 12.6 Å². The Hall–Kier alpha value is -1.52. The number of nitrogens with zero attached hydrogens (tertiary/aromatic N) is 1. The number of nitrogens with one attached hydrogen (secondary N) is 1. The SMILES string of the molecule is O=C1[C@H]2C3C=CC(C3)[C@H]2C(O)N1Nc1cccc(Cl)c1. The number of allylic oxidation sites excluding steroid dienone is 2. The maximum Gasteiger partial charge on any atom is 0.247 e. The molecule has 0 aromatic heterocycles. The summed E-state index contributed by atoms with van der Waals surface area (Å²) in [7, 11) is 0. The number of halogens is 1. The molecule has 2 bridgehead atoms. The summed E-state index contributed by atoms with van der Waals surface area (Å²) in [6.07, 6.45) is 4.50. The zero-order chi connectivity index (χ0) is 13.9. The van der Waals surface area contributed by atoms with Crippen molar-refractivity contribution in [3.05, 3.63) is 41.4 Å². The van der Waals surface area contributed by atoms with Crippen LogP contribution in [0, 0.1) is 23.7 Å². The molecule has 1 amide bonds. The van der Waals surface area contributed by atoms with E-state index in [2.05, 4.69) is 17.6 Å². The Morgan fingerprint density at radius 3 is 2.85 bits per heavy atom. The first-order valence-corrected chi connectivity index (χ1v) is 7.24. The molecule has 0 radical (unpaired) electrons. The summed E-state index contributed by atoms with van der Waals surface area (Å²) in [6.45, 7) is 0. The number of carbonyl (C=O) groups excluding carboxylic acids is 1. The Labute approximate surface area is 122 Å². The fourth-order valence-corrected chi connectivity index (χ4v) is 4.09. The molecule has 104 valence electrons. The minimum Gasteiger partial charge on any atom is -0.371 e. The van der Waals surface area contributed by atoms with Gasteiger partial charge in [-0.2, -0.15) is 0 Å². The predicted octanol–water partition coefficient (Wildman–Crippen LogP) is 2.27. The molecule has 2 N–H and O–H groups in total. The fraction of sp³-hybridized carbons (Fsp3) is 0.400. The second kappa shape index (κ2) is 4.24. The highest BCUT2D eigenvalue weighted by Crippen LogP contribution is 2.53. The van der Waals surface area contributed by atoms with Gasteiger partial charge in [0.05, 0.1) is 11.6 Å². The van der Waals surface area contributed by atoms with E-state index in [-0.39, 0.29) is 17.7 Å². The first kappa shape index (κ1) is 12.2. The Morgan fingerprint density at radius 2 is 2.10 bits per heavy atom. The van der Waals surface area contributed by atoms with Crippen molar-refractivity contribution in [2.24, 2.45) is 23.7 Å². The maximum absolute atomic E-state index is 12.5. The van der Waals surface area contributed by atoms with E-state index in [1.54, 1.807) is 12.1 Å². The standard InChI is InChI=1S/C15H15ClN2O2/c16-10-2-1-3-11(7-10)17-18-14(19)12-8-4-5-9(6-8)13(12)15(18)20/h1-5,7-9,12-14,17,19H,6H2/t8?,9?,12-,13+,14?/m1/s1. The molecular formula is C15H15ClN2O2. The number of aliphatic hydroxyl groups is 1. The van der Waals surface area contributed by atoms with E-state index >= 15 is 0 Å². The Kier molecular flexibility index (Phi) is 2.59. The number of hydrogen-bond donors (Lipinski definition) is 2. The van der Waals surface area contributed by atoms with Crippen molar-refractivity contribution in [1.82, 2.24) is 5.01 Å². The van der Waals surface area contributed by atoms with Crippen LogP contribution >= 0.6 is 11.6 Å². The van der Waals surface area contributed by atoms with Crippen LogP contribution in [0.2, 0.25) is 5.02 Å². The topological polar surface area (TPSA) is 52.6 Å². The van der Waals surface area contributed by atoms with E-state index in [1.165, 1.54) is 5.01 Å². The number of fused-ring (bicyclic) bond motifs is 5. The van der Waals surface area contributed by atoms with Crippen LogP contribution in [0.1, 0.15) is 6.42 Å². The zero-order valence-corrected chi connectivity index (χ0v) is 11.5. The molecule has 2 fully saturated rings. The molecule has 1 aromatic rings. The third-order valence-corrected chi connectivity index (χ3v) is 4.96. The van der Waals surface area contributed by atoms with Crippen molar-refractivity contribution in [2.75, 3.05) is 5.43 Å².